The highest BCUT2D eigenvalue weighted by Crippen LogP contribution is 2.28. The van der Waals surface area contributed by atoms with Gasteiger partial charge in [0, 0.05) is 5.56 Å². The zero-order valence-corrected chi connectivity index (χ0v) is 14.9. The van der Waals surface area contributed by atoms with Gasteiger partial charge in [0.2, 0.25) is 0 Å². The largest absolute Gasteiger partial charge is 0.457 e. The molecule has 1 unspecified atom stereocenters. The lowest BCUT2D eigenvalue weighted by Crippen LogP contribution is -2.03. The molecule has 0 fully saturated rings. The van der Waals surface area contributed by atoms with Crippen molar-refractivity contribution in [1.82, 2.24) is 0 Å². The number of aryl methyl sites for hydroxylation is 1. The van der Waals surface area contributed by atoms with Crippen molar-refractivity contribution in [2.75, 3.05) is 0 Å². The molecule has 0 radical (unpaired) electrons. The first-order valence-electron chi connectivity index (χ1n) is 7.53. The number of hydrogen-bond donors (Lipinski definition) is 0. The molecule has 3 aromatic rings. The first-order valence-corrected chi connectivity index (χ1v) is 8.91. The zero-order chi connectivity index (χ0) is 16.9. The molecule has 24 heavy (non-hydrogen) atoms. The van der Waals surface area contributed by atoms with Gasteiger partial charge in [0.25, 0.3) is 0 Å². The molecule has 3 aromatic carbocycles. The Morgan fingerprint density at radius 1 is 0.875 bits per heavy atom. The summed E-state index contributed by atoms with van der Waals surface area (Å²) in [5, 5.41) is 1.47. The summed E-state index contributed by atoms with van der Waals surface area (Å²) in [6.45, 7) is 1.90. The highest BCUT2D eigenvalue weighted by molar-refractivity contribution is 7.66. The van der Waals surface area contributed by atoms with Crippen LogP contribution in [0.15, 0.2) is 72.8 Å². The van der Waals surface area contributed by atoms with E-state index in [0.29, 0.717) is 10.6 Å². The molecule has 2 nitrogen and oxygen atoms in total. The number of rotatable bonds is 5. The van der Waals surface area contributed by atoms with Crippen LogP contribution in [0.4, 0.5) is 0 Å². The van der Waals surface area contributed by atoms with E-state index in [1.807, 2.05) is 73.7 Å². The predicted molar refractivity (Wildman–Crippen MR) is 101 cm³/mol. The lowest BCUT2D eigenvalue weighted by atomic mass is 10.1. The Kier molecular flexibility index (Phi) is 5.30. The SMILES string of the molecule is Cc1cccc(Cl)c1C(=O)Pc1ccc(Oc2ccccc2)cc1. The molecule has 0 heterocycles. The monoisotopic (exact) mass is 354 g/mol. The van der Waals surface area contributed by atoms with Crippen LogP contribution in [-0.4, -0.2) is 5.52 Å². The van der Waals surface area contributed by atoms with E-state index in [9.17, 15) is 4.79 Å². The van der Waals surface area contributed by atoms with Crippen LogP contribution in [0.1, 0.15) is 15.9 Å². The molecule has 0 N–H and O–H groups in total. The van der Waals surface area contributed by atoms with Crippen LogP contribution >= 0.6 is 20.2 Å². The fourth-order valence-electron chi connectivity index (χ4n) is 2.34. The van der Waals surface area contributed by atoms with Crippen LogP contribution in [0.3, 0.4) is 0 Å². The second kappa shape index (κ2) is 7.61. The number of carbonyl (C=O) groups is 1. The summed E-state index contributed by atoms with van der Waals surface area (Å²) in [5.74, 6) is 1.53. The highest BCUT2D eigenvalue weighted by Gasteiger charge is 2.13. The first kappa shape index (κ1) is 16.7. The van der Waals surface area contributed by atoms with E-state index >= 15 is 0 Å². The third-order valence-corrected chi connectivity index (χ3v) is 4.95. The number of para-hydroxylation sites is 1. The van der Waals surface area contributed by atoms with Crippen molar-refractivity contribution < 1.29 is 9.53 Å². The van der Waals surface area contributed by atoms with E-state index in [-0.39, 0.29) is 14.1 Å². The fourth-order valence-corrected chi connectivity index (χ4v) is 3.78. The smallest absolute Gasteiger partial charge is 0.187 e. The van der Waals surface area contributed by atoms with Crippen LogP contribution in [0, 0.1) is 6.92 Å². The quantitative estimate of drug-likeness (QED) is 0.559. The van der Waals surface area contributed by atoms with Gasteiger partial charge in [-0.1, -0.05) is 54.1 Å². The van der Waals surface area contributed by atoms with Gasteiger partial charge in [0.15, 0.2) is 5.52 Å². The Labute approximate surface area is 148 Å². The molecular formula is C20H16ClO2P. The van der Waals surface area contributed by atoms with Crippen LogP contribution in [0.5, 0.6) is 11.5 Å². The van der Waals surface area contributed by atoms with Crippen LogP contribution in [-0.2, 0) is 0 Å². The van der Waals surface area contributed by atoms with Crippen molar-refractivity contribution in [2.24, 2.45) is 0 Å². The molecule has 0 bridgehead atoms. The van der Waals surface area contributed by atoms with E-state index < -0.39 is 0 Å². The number of carbonyl (C=O) groups excluding carboxylic acids is 1. The standard InChI is InChI=1S/C20H16ClO2P/c1-14-6-5-9-18(21)19(14)20(22)24-17-12-10-16(11-13-17)23-15-7-3-2-4-8-15/h2-13,24H,1H3. The molecule has 0 aromatic heterocycles. The summed E-state index contributed by atoms with van der Waals surface area (Å²) < 4.78 is 5.76. The Morgan fingerprint density at radius 2 is 1.54 bits per heavy atom. The summed E-state index contributed by atoms with van der Waals surface area (Å²) in [7, 11) is 0.0338. The number of ether oxygens (including phenoxy) is 1. The Balaban J connectivity index is 1.71. The van der Waals surface area contributed by atoms with E-state index in [1.165, 1.54) is 0 Å². The van der Waals surface area contributed by atoms with Crippen molar-refractivity contribution in [2.45, 2.75) is 6.92 Å². The molecule has 0 saturated carbocycles. The number of hydrogen-bond acceptors (Lipinski definition) is 2. The fraction of sp³-hybridized carbons (Fsp3) is 0.0500. The Bertz CT molecular complexity index is 825. The number of halogens is 1. The first-order chi connectivity index (χ1) is 11.6. The normalized spacial score (nSPS) is 10.9. The van der Waals surface area contributed by atoms with Crippen LogP contribution in [0.2, 0.25) is 5.02 Å². The maximum absolute atomic E-state index is 12.5. The zero-order valence-electron chi connectivity index (χ0n) is 13.1. The maximum Gasteiger partial charge on any atom is 0.187 e. The minimum absolute atomic E-state index is 0.0338. The lowest BCUT2D eigenvalue weighted by Gasteiger charge is -2.09. The van der Waals surface area contributed by atoms with E-state index in [2.05, 4.69) is 0 Å². The third-order valence-electron chi connectivity index (χ3n) is 3.54. The van der Waals surface area contributed by atoms with E-state index in [0.717, 1.165) is 22.4 Å². The second-order valence-corrected chi connectivity index (χ2v) is 7.01. The van der Waals surface area contributed by atoms with Crippen molar-refractivity contribution in [3.05, 3.63) is 88.9 Å². The van der Waals surface area contributed by atoms with Gasteiger partial charge in [-0.25, -0.2) is 0 Å². The topological polar surface area (TPSA) is 26.3 Å². The average molecular weight is 355 g/mol. The molecule has 0 aliphatic carbocycles. The van der Waals surface area contributed by atoms with Gasteiger partial charge in [-0.2, -0.15) is 0 Å². The van der Waals surface area contributed by atoms with Crippen molar-refractivity contribution in [3.63, 3.8) is 0 Å². The third kappa shape index (κ3) is 4.03. The summed E-state index contributed by atoms with van der Waals surface area (Å²) >= 11 is 6.17. The summed E-state index contributed by atoms with van der Waals surface area (Å²) in [4.78, 5) is 12.5. The molecular weight excluding hydrogens is 339 g/mol. The Morgan fingerprint density at radius 3 is 2.21 bits per heavy atom. The molecule has 120 valence electrons. The molecule has 0 aliphatic rings. The van der Waals surface area contributed by atoms with Gasteiger partial charge in [-0.15, -0.1) is 0 Å². The minimum atomic E-state index is 0.0338. The molecule has 0 saturated heterocycles. The second-order valence-electron chi connectivity index (χ2n) is 5.33. The number of benzene rings is 3. The lowest BCUT2D eigenvalue weighted by molar-refractivity contribution is 0.108. The van der Waals surface area contributed by atoms with Gasteiger partial charge < -0.3 is 4.74 Å². The van der Waals surface area contributed by atoms with Gasteiger partial charge >= 0.3 is 0 Å². The van der Waals surface area contributed by atoms with Crippen molar-refractivity contribution >= 4 is 31.0 Å². The molecule has 1 atom stereocenters. The van der Waals surface area contributed by atoms with Gasteiger partial charge in [-0.05, 0) is 56.7 Å². The van der Waals surface area contributed by atoms with E-state index in [4.69, 9.17) is 16.3 Å². The Hall–Kier alpha value is -2.15. The summed E-state index contributed by atoms with van der Waals surface area (Å²) in [6.07, 6.45) is 0. The summed E-state index contributed by atoms with van der Waals surface area (Å²) in [6, 6.07) is 22.7. The molecule has 3 rings (SSSR count). The summed E-state index contributed by atoms with van der Waals surface area (Å²) in [5.41, 5.74) is 1.57. The van der Waals surface area contributed by atoms with Gasteiger partial charge in [0.05, 0.1) is 5.02 Å². The van der Waals surface area contributed by atoms with Crippen molar-refractivity contribution in [1.29, 1.82) is 0 Å². The predicted octanol–water partition coefficient (Wildman–Crippen LogP) is 5.58. The van der Waals surface area contributed by atoms with Crippen LogP contribution in [0.25, 0.3) is 0 Å². The average Bonchev–Trinajstić information content (AvgIpc) is 2.57. The molecule has 0 aliphatic heterocycles. The van der Waals surface area contributed by atoms with Crippen LogP contribution < -0.4 is 10.0 Å². The maximum atomic E-state index is 12.5. The minimum Gasteiger partial charge on any atom is -0.457 e. The molecule has 0 spiro atoms. The van der Waals surface area contributed by atoms with Crippen molar-refractivity contribution in [3.8, 4) is 11.5 Å². The molecule has 4 heteroatoms. The van der Waals surface area contributed by atoms with E-state index in [1.54, 1.807) is 6.07 Å². The van der Waals surface area contributed by atoms with Gasteiger partial charge in [0.1, 0.15) is 11.5 Å². The molecule has 0 amide bonds. The highest BCUT2D eigenvalue weighted by atomic mass is 35.5. The van der Waals surface area contributed by atoms with Gasteiger partial charge in [-0.3, -0.25) is 4.79 Å².